The second-order valence-corrected chi connectivity index (χ2v) is 4.64. The fourth-order valence-corrected chi connectivity index (χ4v) is 2.24. The topological polar surface area (TPSA) is 26.3 Å². The van der Waals surface area contributed by atoms with Crippen molar-refractivity contribution in [2.75, 3.05) is 7.11 Å². The Morgan fingerprint density at radius 1 is 1.23 bits per heavy atom. The van der Waals surface area contributed by atoms with Crippen molar-refractivity contribution in [3.05, 3.63) is 84.0 Å². The summed E-state index contributed by atoms with van der Waals surface area (Å²) < 4.78 is 4.89. The van der Waals surface area contributed by atoms with Crippen LogP contribution < -0.4 is 0 Å². The second-order valence-electron chi connectivity index (χ2n) is 4.64. The molecule has 0 aromatic heterocycles. The number of benzene rings is 1. The number of ether oxygens (including phenoxy) is 1. The van der Waals surface area contributed by atoms with Crippen molar-refractivity contribution in [2.45, 2.75) is 13.8 Å². The third kappa shape index (κ3) is 3.95. The van der Waals surface area contributed by atoms with Gasteiger partial charge in [-0.2, -0.15) is 0 Å². The second kappa shape index (κ2) is 8.63. The lowest BCUT2D eigenvalue weighted by Gasteiger charge is -2.15. The van der Waals surface area contributed by atoms with Crippen LogP contribution in [0.2, 0.25) is 0 Å². The van der Waals surface area contributed by atoms with Crippen molar-refractivity contribution in [1.82, 2.24) is 0 Å². The van der Waals surface area contributed by atoms with E-state index in [-0.39, 0.29) is 5.97 Å². The van der Waals surface area contributed by atoms with Gasteiger partial charge in [0.1, 0.15) is 0 Å². The van der Waals surface area contributed by atoms with Crippen molar-refractivity contribution in [3.8, 4) is 0 Å². The van der Waals surface area contributed by atoms with Crippen molar-refractivity contribution in [1.29, 1.82) is 0 Å². The van der Waals surface area contributed by atoms with Gasteiger partial charge in [-0.15, -0.1) is 0 Å². The van der Waals surface area contributed by atoms with Gasteiger partial charge >= 0.3 is 5.97 Å². The molecule has 0 unspecified atom stereocenters. The Morgan fingerprint density at radius 3 is 2.50 bits per heavy atom. The van der Waals surface area contributed by atoms with Gasteiger partial charge in [0.2, 0.25) is 0 Å². The van der Waals surface area contributed by atoms with E-state index in [0.29, 0.717) is 5.57 Å². The number of allylic oxidation sites excluding steroid dienone is 5. The predicted molar refractivity (Wildman–Crippen MR) is 94.4 cm³/mol. The first-order valence-corrected chi connectivity index (χ1v) is 7.07. The average Bonchev–Trinajstić information content (AvgIpc) is 2.53. The number of aryl methyl sites for hydroxylation is 1. The van der Waals surface area contributed by atoms with Gasteiger partial charge in [-0.25, -0.2) is 4.79 Å². The largest absolute Gasteiger partial charge is 0.465 e. The summed E-state index contributed by atoms with van der Waals surface area (Å²) in [5.74, 6) is -0.365. The molecule has 1 aromatic rings. The van der Waals surface area contributed by atoms with Crippen LogP contribution in [0.4, 0.5) is 0 Å². The minimum Gasteiger partial charge on any atom is -0.465 e. The summed E-state index contributed by atoms with van der Waals surface area (Å²) in [6.07, 6.45) is 10.8. The van der Waals surface area contributed by atoms with Crippen LogP contribution in [-0.2, 0) is 9.53 Å². The summed E-state index contributed by atoms with van der Waals surface area (Å²) in [7, 11) is 1.38. The van der Waals surface area contributed by atoms with Gasteiger partial charge in [0.05, 0.1) is 12.7 Å². The van der Waals surface area contributed by atoms with E-state index < -0.39 is 0 Å². The molecule has 0 aliphatic rings. The summed E-state index contributed by atoms with van der Waals surface area (Å²) in [6, 6.07) is 5.99. The van der Waals surface area contributed by atoms with E-state index in [1.54, 1.807) is 18.2 Å². The number of hydrogen-bond donors (Lipinski definition) is 0. The Kier molecular flexibility index (Phi) is 6.84. The Bertz CT molecular complexity index is 658. The molecule has 0 amide bonds. The molecule has 2 heteroatoms. The van der Waals surface area contributed by atoms with Gasteiger partial charge in [-0.1, -0.05) is 67.8 Å². The van der Waals surface area contributed by atoms with Gasteiger partial charge in [-0.3, -0.25) is 0 Å². The molecule has 0 saturated heterocycles. The van der Waals surface area contributed by atoms with Gasteiger partial charge in [0, 0.05) is 0 Å². The molecule has 0 heterocycles. The molecule has 0 radical (unpaired) electrons. The molecule has 0 aliphatic carbocycles. The highest BCUT2D eigenvalue weighted by Gasteiger charge is 2.17. The summed E-state index contributed by atoms with van der Waals surface area (Å²) >= 11 is 0. The molecule has 114 valence electrons. The van der Waals surface area contributed by atoms with Crippen molar-refractivity contribution < 1.29 is 9.53 Å². The van der Waals surface area contributed by atoms with Crippen LogP contribution >= 0.6 is 0 Å². The number of rotatable bonds is 6. The van der Waals surface area contributed by atoms with E-state index in [9.17, 15) is 4.79 Å². The minimum atomic E-state index is -0.365. The van der Waals surface area contributed by atoms with Gasteiger partial charge in [0.15, 0.2) is 0 Å². The zero-order valence-corrected chi connectivity index (χ0v) is 13.4. The highest BCUT2D eigenvalue weighted by atomic mass is 16.5. The van der Waals surface area contributed by atoms with Gasteiger partial charge in [0.25, 0.3) is 0 Å². The molecule has 1 aromatic carbocycles. The van der Waals surface area contributed by atoms with Gasteiger partial charge in [-0.05, 0) is 36.1 Å². The Morgan fingerprint density at radius 2 is 1.95 bits per heavy atom. The molecule has 22 heavy (non-hydrogen) atoms. The van der Waals surface area contributed by atoms with E-state index in [1.807, 2.05) is 50.3 Å². The highest BCUT2D eigenvalue weighted by molar-refractivity contribution is 6.07. The number of hydrogen-bond acceptors (Lipinski definition) is 2. The Labute approximate surface area is 132 Å². The maximum atomic E-state index is 12.0. The molecule has 1 rings (SSSR count). The van der Waals surface area contributed by atoms with Crippen molar-refractivity contribution in [2.24, 2.45) is 0 Å². The zero-order chi connectivity index (χ0) is 16.5. The van der Waals surface area contributed by atoms with Crippen LogP contribution in [0.5, 0.6) is 0 Å². The average molecular weight is 294 g/mol. The Balaban J connectivity index is 3.59. The molecule has 0 fully saturated rings. The molecule has 2 nitrogen and oxygen atoms in total. The van der Waals surface area contributed by atoms with Crippen molar-refractivity contribution >= 4 is 17.6 Å². The number of carbonyl (C=O) groups is 1. The number of methoxy groups -OCH3 is 1. The summed E-state index contributed by atoms with van der Waals surface area (Å²) in [5.41, 5.74) is 4.42. The molecule has 0 spiro atoms. The van der Waals surface area contributed by atoms with Crippen LogP contribution in [0.3, 0.4) is 0 Å². The van der Waals surface area contributed by atoms with Crippen LogP contribution in [0.1, 0.15) is 23.6 Å². The van der Waals surface area contributed by atoms with Gasteiger partial charge < -0.3 is 4.74 Å². The molecule has 0 bridgehead atoms. The van der Waals surface area contributed by atoms with E-state index in [0.717, 1.165) is 22.3 Å². The first kappa shape index (κ1) is 17.4. The zero-order valence-electron chi connectivity index (χ0n) is 13.4. The van der Waals surface area contributed by atoms with Crippen molar-refractivity contribution in [3.63, 3.8) is 0 Å². The molecule has 0 saturated carbocycles. The summed E-state index contributed by atoms with van der Waals surface area (Å²) in [5, 5.41) is 0. The molecule has 0 aliphatic heterocycles. The fraction of sp³-hybridized carbons (Fsp3) is 0.150. The van der Waals surface area contributed by atoms with E-state index in [2.05, 4.69) is 13.2 Å². The fourth-order valence-electron chi connectivity index (χ4n) is 2.24. The normalized spacial score (nSPS) is 12.3. The lowest BCUT2D eigenvalue weighted by atomic mass is 9.90. The first-order chi connectivity index (χ1) is 10.6. The van der Waals surface area contributed by atoms with E-state index in [1.165, 1.54) is 7.11 Å². The maximum Gasteiger partial charge on any atom is 0.338 e. The van der Waals surface area contributed by atoms with Crippen LogP contribution in [0.15, 0.2) is 67.3 Å². The molecule has 0 N–H and O–H groups in total. The van der Waals surface area contributed by atoms with E-state index >= 15 is 0 Å². The lowest BCUT2D eigenvalue weighted by Crippen LogP contribution is -2.07. The third-order valence-corrected chi connectivity index (χ3v) is 3.28. The lowest BCUT2D eigenvalue weighted by molar-refractivity contribution is -0.135. The predicted octanol–water partition coefficient (Wildman–Crippen LogP) is 4.88. The summed E-state index contributed by atoms with van der Waals surface area (Å²) in [4.78, 5) is 12.0. The maximum absolute atomic E-state index is 12.0. The summed E-state index contributed by atoms with van der Waals surface area (Å²) in [6.45, 7) is 11.3. The third-order valence-electron chi connectivity index (χ3n) is 3.28. The van der Waals surface area contributed by atoms with Crippen LogP contribution in [0, 0.1) is 6.92 Å². The van der Waals surface area contributed by atoms with Crippen LogP contribution in [-0.4, -0.2) is 13.1 Å². The molecular weight excluding hydrogens is 272 g/mol. The molecule has 0 atom stereocenters. The van der Waals surface area contributed by atoms with Crippen LogP contribution in [0.25, 0.3) is 11.6 Å². The smallest absolute Gasteiger partial charge is 0.338 e. The standard InChI is InChI=1S/C20H22O2/c1-6-9-13-17-15(4)12-10-14-19(17)18(11-7-2)16(8-3)20(21)22-5/h6-14H,1-2H2,3-5H3/b13-9-,16-8+,18-11+. The quantitative estimate of drug-likeness (QED) is 0.424. The molecular formula is C20H22O2. The Hall–Kier alpha value is -2.61. The number of esters is 1. The first-order valence-electron chi connectivity index (χ1n) is 7.07. The monoisotopic (exact) mass is 294 g/mol. The highest BCUT2D eigenvalue weighted by Crippen LogP contribution is 2.30. The SMILES string of the molecule is C=C/C=C\c1c(C)cccc1C(=C/C=C)/C(=C\C)C(=O)OC. The minimum absolute atomic E-state index is 0.365. The van der Waals surface area contributed by atoms with E-state index in [4.69, 9.17) is 4.74 Å². The number of carbonyl (C=O) groups excluding carboxylic acids is 1.